The molecule has 0 radical (unpaired) electrons. The number of likely N-dealkylation sites (tertiary alicyclic amines) is 1. The van der Waals surface area contributed by atoms with Gasteiger partial charge in [0.05, 0.1) is 36.4 Å². The number of halogens is 1. The molecular formula is C27H41BrN4O5S. The van der Waals surface area contributed by atoms with Crippen LogP contribution in [0.25, 0.3) is 0 Å². The van der Waals surface area contributed by atoms with Crippen LogP contribution in [0.15, 0.2) is 25.3 Å². The first kappa shape index (κ1) is 29.6. The summed E-state index contributed by atoms with van der Waals surface area (Å²) in [5.74, 6) is -1.46. The van der Waals surface area contributed by atoms with Crippen LogP contribution < -0.4 is 0 Å². The van der Waals surface area contributed by atoms with E-state index in [9.17, 15) is 19.5 Å². The maximum absolute atomic E-state index is 14.3. The van der Waals surface area contributed by atoms with Gasteiger partial charge in [0.15, 0.2) is 0 Å². The minimum atomic E-state index is -0.733. The number of β-amino-alcohol motifs (C(OH)–C–C–N with tert-alkyl or cyclic N) is 1. The summed E-state index contributed by atoms with van der Waals surface area (Å²) in [5, 5.41) is 9.80. The lowest BCUT2D eigenvalue weighted by Crippen LogP contribution is -2.57. The molecule has 2 bridgehead atoms. The van der Waals surface area contributed by atoms with Crippen LogP contribution in [0, 0.1) is 11.8 Å². The molecule has 1 N–H and O–H groups in total. The van der Waals surface area contributed by atoms with E-state index >= 15 is 0 Å². The van der Waals surface area contributed by atoms with E-state index in [1.54, 1.807) is 38.6 Å². The molecule has 0 aliphatic carbocycles. The number of carbonyl (C=O) groups excluding carboxylic acids is 3. The minimum absolute atomic E-state index is 0.0169. The Hall–Kier alpha value is -1.40. The number of morpholine rings is 1. The van der Waals surface area contributed by atoms with Crippen LogP contribution in [-0.4, -0.2) is 135 Å². The molecule has 4 aliphatic heterocycles. The number of fused-ring (bicyclic) bond motifs is 1. The number of aliphatic hydroxyl groups excluding tert-OH is 1. The summed E-state index contributed by atoms with van der Waals surface area (Å²) in [4.78, 5) is 49.6. The summed E-state index contributed by atoms with van der Waals surface area (Å²) in [6.07, 6.45) is 4.87. The molecule has 38 heavy (non-hydrogen) atoms. The zero-order valence-electron chi connectivity index (χ0n) is 22.3. The van der Waals surface area contributed by atoms with Gasteiger partial charge in [0, 0.05) is 62.4 Å². The zero-order chi connectivity index (χ0) is 27.4. The summed E-state index contributed by atoms with van der Waals surface area (Å²) in [7, 11) is 0. The number of carbonyl (C=O) groups is 3. The van der Waals surface area contributed by atoms with E-state index in [0.29, 0.717) is 52.4 Å². The van der Waals surface area contributed by atoms with Gasteiger partial charge in [-0.2, -0.15) is 0 Å². The maximum Gasteiger partial charge on any atom is 0.247 e. The molecule has 9 nitrogen and oxygen atoms in total. The first-order chi connectivity index (χ1) is 18.3. The summed E-state index contributed by atoms with van der Waals surface area (Å²) in [5.41, 5.74) is 0. The molecule has 4 fully saturated rings. The van der Waals surface area contributed by atoms with Crippen molar-refractivity contribution in [2.75, 3.05) is 72.2 Å². The third-order valence-corrected chi connectivity index (χ3v) is 11.5. The van der Waals surface area contributed by atoms with Crippen LogP contribution >= 0.6 is 27.7 Å². The molecule has 3 amide bonds. The van der Waals surface area contributed by atoms with Gasteiger partial charge in [-0.05, 0) is 12.8 Å². The smallest absolute Gasteiger partial charge is 0.247 e. The molecule has 6 atom stereocenters. The quantitative estimate of drug-likeness (QED) is 0.247. The van der Waals surface area contributed by atoms with Crippen LogP contribution in [0.5, 0.6) is 0 Å². The molecule has 1 spiro atoms. The number of alkyl halides is 1. The molecule has 4 heterocycles. The third-order valence-electron chi connectivity index (χ3n) is 8.25. The van der Waals surface area contributed by atoms with Gasteiger partial charge < -0.3 is 24.5 Å². The number of ether oxygens (including phenoxy) is 1. The van der Waals surface area contributed by atoms with Crippen LogP contribution in [-0.2, 0) is 19.1 Å². The predicted octanol–water partition coefficient (Wildman–Crippen LogP) is 1.21. The fourth-order valence-electron chi connectivity index (χ4n) is 6.67. The zero-order valence-corrected chi connectivity index (χ0v) is 24.7. The lowest BCUT2D eigenvalue weighted by atomic mass is 9.70. The number of hydrogen-bond donors (Lipinski definition) is 1. The monoisotopic (exact) mass is 612 g/mol. The van der Waals surface area contributed by atoms with Gasteiger partial charge in [0.1, 0.15) is 6.04 Å². The van der Waals surface area contributed by atoms with E-state index in [1.165, 1.54) is 0 Å². The highest BCUT2D eigenvalue weighted by molar-refractivity contribution is 9.09. The Morgan fingerprint density at radius 1 is 1.16 bits per heavy atom. The van der Waals surface area contributed by atoms with Crippen molar-refractivity contribution in [3.63, 3.8) is 0 Å². The van der Waals surface area contributed by atoms with Crippen molar-refractivity contribution < 1.29 is 24.2 Å². The summed E-state index contributed by atoms with van der Waals surface area (Å²) in [6, 6.07) is -0.733. The number of aliphatic hydroxyl groups is 1. The van der Waals surface area contributed by atoms with Crippen molar-refractivity contribution in [3.05, 3.63) is 25.3 Å². The Balaban J connectivity index is 1.65. The molecule has 4 saturated heterocycles. The predicted molar refractivity (Wildman–Crippen MR) is 152 cm³/mol. The van der Waals surface area contributed by atoms with Crippen molar-refractivity contribution in [2.45, 2.75) is 40.6 Å². The van der Waals surface area contributed by atoms with Gasteiger partial charge in [0.2, 0.25) is 17.7 Å². The fourth-order valence-corrected chi connectivity index (χ4v) is 10.3. The van der Waals surface area contributed by atoms with E-state index in [-0.39, 0.29) is 41.0 Å². The number of nitrogens with zero attached hydrogens (tertiary/aromatic N) is 4. The normalized spacial score (nSPS) is 32.3. The van der Waals surface area contributed by atoms with Crippen LogP contribution in [0.2, 0.25) is 0 Å². The molecule has 0 saturated carbocycles. The lowest BCUT2D eigenvalue weighted by Gasteiger charge is -2.39. The fraction of sp³-hybridized carbons (Fsp3) is 0.741. The molecular weight excluding hydrogens is 572 g/mol. The molecule has 0 aromatic heterocycles. The molecule has 4 rings (SSSR count). The third kappa shape index (κ3) is 5.33. The second-order valence-corrected chi connectivity index (χ2v) is 13.2. The number of hydrogen-bond acceptors (Lipinski definition) is 7. The molecule has 212 valence electrons. The van der Waals surface area contributed by atoms with Crippen molar-refractivity contribution in [2.24, 2.45) is 11.8 Å². The molecule has 0 aromatic carbocycles. The van der Waals surface area contributed by atoms with Crippen molar-refractivity contribution in [1.82, 2.24) is 19.6 Å². The molecule has 0 aromatic rings. The highest BCUT2D eigenvalue weighted by Gasteiger charge is 2.76. The average molecular weight is 614 g/mol. The highest BCUT2D eigenvalue weighted by atomic mass is 79.9. The Kier molecular flexibility index (Phi) is 10.00. The lowest BCUT2D eigenvalue weighted by molar-refractivity contribution is -0.145. The van der Waals surface area contributed by atoms with E-state index in [0.717, 1.165) is 19.5 Å². The van der Waals surface area contributed by atoms with E-state index in [1.807, 2.05) is 6.92 Å². The van der Waals surface area contributed by atoms with Crippen LogP contribution in [0.4, 0.5) is 0 Å². The van der Waals surface area contributed by atoms with Gasteiger partial charge in [-0.25, -0.2) is 0 Å². The topological polar surface area (TPSA) is 93.6 Å². The summed E-state index contributed by atoms with van der Waals surface area (Å²) < 4.78 is 4.74. The second kappa shape index (κ2) is 12.8. The second-order valence-electron chi connectivity index (χ2n) is 10.5. The summed E-state index contributed by atoms with van der Waals surface area (Å²) in [6.45, 7) is 15.2. The number of amides is 3. The van der Waals surface area contributed by atoms with Crippen LogP contribution in [0.1, 0.15) is 19.8 Å². The highest BCUT2D eigenvalue weighted by Crippen LogP contribution is 2.68. The maximum atomic E-state index is 14.3. The van der Waals surface area contributed by atoms with Crippen molar-refractivity contribution >= 4 is 45.4 Å². The van der Waals surface area contributed by atoms with Gasteiger partial charge in [-0.15, -0.1) is 24.9 Å². The number of rotatable bonds is 13. The van der Waals surface area contributed by atoms with Gasteiger partial charge >= 0.3 is 0 Å². The van der Waals surface area contributed by atoms with Crippen LogP contribution in [0.3, 0.4) is 0 Å². The summed E-state index contributed by atoms with van der Waals surface area (Å²) >= 11 is 5.45. The Bertz CT molecular complexity index is 918. The van der Waals surface area contributed by atoms with Crippen molar-refractivity contribution in [1.29, 1.82) is 0 Å². The van der Waals surface area contributed by atoms with E-state index in [2.05, 4.69) is 34.0 Å². The number of thioether (sulfide) groups is 1. The Morgan fingerprint density at radius 2 is 1.82 bits per heavy atom. The van der Waals surface area contributed by atoms with Crippen molar-refractivity contribution in [3.8, 4) is 0 Å². The van der Waals surface area contributed by atoms with E-state index < -0.39 is 22.6 Å². The van der Waals surface area contributed by atoms with Gasteiger partial charge in [0.25, 0.3) is 0 Å². The average Bonchev–Trinajstić information content (AvgIpc) is 3.50. The van der Waals surface area contributed by atoms with Gasteiger partial charge in [-0.1, -0.05) is 35.0 Å². The standard InChI is InChI=1S/C27H41BrN4O5S/c1-4-7-30(8-5-2)24(34)20-21-25(35)32(12-15-33)23(27(21)18-19(28)22(20)38-27)26(36)31(9-6-3)11-10-29-13-16-37-17-14-29/h4,6,19-23,33H,1,3,5,7-18H2,2H3/t19?,20-,21-,22-,23?,27?/m0/s1. The minimum Gasteiger partial charge on any atom is -0.395 e. The van der Waals surface area contributed by atoms with E-state index in [4.69, 9.17) is 4.74 Å². The largest absolute Gasteiger partial charge is 0.395 e. The molecule has 11 heteroatoms. The molecule has 4 aliphatic rings. The first-order valence-electron chi connectivity index (χ1n) is 13.7. The van der Waals surface area contributed by atoms with Gasteiger partial charge in [-0.3, -0.25) is 19.3 Å². The Morgan fingerprint density at radius 3 is 2.42 bits per heavy atom. The first-order valence-corrected chi connectivity index (χ1v) is 15.5. The Labute approximate surface area is 238 Å². The molecule has 3 unspecified atom stereocenters. The SMILES string of the molecule is C=CCN(CCN1CCOCC1)C(=O)C1N(CCO)C(=O)[C@@H]2[C@H](C(=O)N(CC=C)CCC)[C@H]3SC12CC3Br.